The van der Waals surface area contributed by atoms with Crippen LogP contribution < -0.4 is 0 Å². The summed E-state index contributed by atoms with van der Waals surface area (Å²) in [5, 5.41) is 0. The normalized spacial score (nSPS) is 17.1. The average molecular weight is 349 g/mol. The van der Waals surface area contributed by atoms with Crippen molar-refractivity contribution in [3.05, 3.63) is 11.8 Å². The maximum atomic E-state index is 2.63. The van der Waals surface area contributed by atoms with E-state index in [0.29, 0.717) is 0 Å². The van der Waals surface area contributed by atoms with Crippen LogP contribution in [0.15, 0.2) is 11.8 Å². The first-order valence-electron chi connectivity index (χ1n) is 6.03. The van der Waals surface area contributed by atoms with Crippen molar-refractivity contribution in [2.24, 2.45) is 0 Å². The summed E-state index contributed by atoms with van der Waals surface area (Å²) in [5.74, 6) is 0. The Morgan fingerprint density at radius 1 is 0.867 bits per heavy atom. The molecule has 0 heterocycles. The van der Waals surface area contributed by atoms with Gasteiger partial charge in [0.1, 0.15) is 0 Å². The third kappa shape index (κ3) is 7.00. The van der Waals surface area contributed by atoms with Crippen LogP contribution in [0.25, 0.3) is 0 Å². The molecule has 0 aromatic heterocycles. The van der Waals surface area contributed by atoms with Gasteiger partial charge in [-0.25, -0.2) is 0 Å². The summed E-state index contributed by atoms with van der Waals surface area (Å²) in [6.45, 7) is 14.9. The molecular formula is C12H30Si2Sn. The molecule has 0 aliphatic carbocycles. The molecule has 3 heteroatoms. The minimum atomic E-state index is -1.76. The molecule has 1 atom stereocenters. The molecule has 0 spiro atoms. The van der Waals surface area contributed by atoms with Gasteiger partial charge in [-0.15, -0.1) is 0 Å². The van der Waals surface area contributed by atoms with Gasteiger partial charge in [0.05, 0.1) is 0 Å². The van der Waals surface area contributed by atoms with Crippen LogP contribution in [-0.4, -0.2) is 34.5 Å². The summed E-state index contributed by atoms with van der Waals surface area (Å²) < 4.78 is 0.999. The van der Waals surface area contributed by atoms with Crippen LogP contribution in [0.1, 0.15) is 0 Å². The predicted molar refractivity (Wildman–Crippen MR) is 82.9 cm³/mol. The molecule has 0 fully saturated rings. The van der Waals surface area contributed by atoms with E-state index in [9.17, 15) is 0 Å². The molecule has 0 rings (SSSR count). The molecule has 0 saturated heterocycles. The number of rotatable bonds is 4. The van der Waals surface area contributed by atoms with Gasteiger partial charge in [-0.1, -0.05) is 0 Å². The molecule has 0 radical (unpaired) electrons. The molecule has 90 valence electrons. The molecule has 0 amide bonds. The zero-order chi connectivity index (χ0) is 12.5. The Bertz CT molecular complexity index is 211. The number of hydrogen-bond donors (Lipinski definition) is 0. The summed E-state index contributed by atoms with van der Waals surface area (Å²) >= 11 is -1.76. The predicted octanol–water partition coefficient (Wildman–Crippen LogP) is 5.01. The molecular weight excluding hydrogens is 319 g/mol. The van der Waals surface area contributed by atoms with Crippen molar-refractivity contribution in [2.75, 3.05) is 0 Å². The Hall–Kier alpha value is 0.972. The van der Waals surface area contributed by atoms with Gasteiger partial charge in [0.15, 0.2) is 0 Å². The summed E-state index contributed by atoms with van der Waals surface area (Å²) in [5.41, 5.74) is 2.58. The molecule has 0 nitrogen and oxygen atoms in total. The minimum absolute atomic E-state index is 0.993. The zero-order valence-electron chi connectivity index (χ0n) is 12.2. The van der Waals surface area contributed by atoms with E-state index >= 15 is 0 Å². The van der Waals surface area contributed by atoms with E-state index in [1.807, 2.05) is 0 Å². The van der Waals surface area contributed by atoms with Gasteiger partial charge in [-0.3, -0.25) is 0 Å². The average Bonchev–Trinajstić information content (AvgIpc) is 1.75. The van der Waals surface area contributed by atoms with Crippen molar-refractivity contribution in [2.45, 2.75) is 57.7 Å². The topological polar surface area (TPSA) is 0 Å². The quantitative estimate of drug-likeness (QED) is 0.626. The van der Waals surface area contributed by atoms with Gasteiger partial charge in [0.25, 0.3) is 0 Å². The van der Waals surface area contributed by atoms with Gasteiger partial charge in [-0.05, 0) is 0 Å². The standard InChI is InChI=1S/C9H21Si2.3CH3.Sn/c1-10(2,3)8-7-9-11(4,5)6;;;;/h7-9H,1-6H3;3*1H3;. The van der Waals surface area contributed by atoms with Crippen molar-refractivity contribution in [3.8, 4) is 0 Å². The second-order valence-electron chi connectivity index (χ2n) is 7.93. The van der Waals surface area contributed by atoms with Gasteiger partial charge in [-0.2, -0.15) is 0 Å². The van der Waals surface area contributed by atoms with Crippen LogP contribution >= 0.6 is 0 Å². The van der Waals surface area contributed by atoms with E-state index < -0.39 is 34.5 Å². The Labute approximate surface area is 103 Å². The SMILES string of the molecule is C[Si](C)(C)C=C[CH]([Si](C)(C)C)[Sn]([CH3])([CH3])[CH3]. The molecule has 0 N–H and O–H groups in total. The van der Waals surface area contributed by atoms with E-state index in [0.717, 1.165) is 3.56 Å². The molecule has 1 unspecified atom stereocenters. The first kappa shape index (κ1) is 16.0. The fourth-order valence-electron chi connectivity index (χ4n) is 2.26. The van der Waals surface area contributed by atoms with Crippen molar-refractivity contribution in [3.63, 3.8) is 0 Å². The third-order valence-corrected chi connectivity index (χ3v) is 25.0. The number of allylic oxidation sites excluding steroid dienone is 1. The fourth-order valence-corrected chi connectivity index (χ4v) is 31.2. The van der Waals surface area contributed by atoms with E-state index in [2.05, 4.69) is 65.9 Å². The molecule has 15 heavy (non-hydrogen) atoms. The molecule has 0 aliphatic heterocycles. The summed E-state index contributed by atoms with van der Waals surface area (Å²) in [4.78, 5) is 7.77. The third-order valence-electron chi connectivity index (χ3n) is 2.65. The maximum absolute atomic E-state index is 2.63. The Morgan fingerprint density at radius 2 is 1.27 bits per heavy atom. The first-order valence-corrected chi connectivity index (χ1v) is 23.4. The van der Waals surface area contributed by atoms with Gasteiger partial charge in [0.2, 0.25) is 0 Å². The van der Waals surface area contributed by atoms with Crippen LogP contribution in [0.4, 0.5) is 0 Å². The van der Waals surface area contributed by atoms with Crippen molar-refractivity contribution < 1.29 is 0 Å². The molecule has 0 bridgehead atoms. The van der Waals surface area contributed by atoms with Crippen LogP contribution in [-0.2, 0) is 0 Å². The molecule has 0 aliphatic rings. The van der Waals surface area contributed by atoms with Gasteiger partial charge >= 0.3 is 104 Å². The van der Waals surface area contributed by atoms with E-state index in [4.69, 9.17) is 0 Å². The second kappa shape index (κ2) is 5.09. The molecule has 0 saturated carbocycles. The Kier molecular flexibility index (Phi) is 5.42. The van der Waals surface area contributed by atoms with Crippen LogP contribution in [0.2, 0.25) is 57.7 Å². The summed E-state index contributed by atoms with van der Waals surface area (Å²) in [7, 11) is -2.00. The van der Waals surface area contributed by atoms with Crippen LogP contribution in [0.5, 0.6) is 0 Å². The van der Waals surface area contributed by atoms with E-state index in [1.54, 1.807) is 0 Å². The van der Waals surface area contributed by atoms with Crippen molar-refractivity contribution in [1.82, 2.24) is 0 Å². The monoisotopic (exact) mass is 350 g/mol. The number of hydrogen-bond acceptors (Lipinski definition) is 0. The van der Waals surface area contributed by atoms with Crippen molar-refractivity contribution in [1.29, 1.82) is 0 Å². The van der Waals surface area contributed by atoms with Gasteiger partial charge in [0, 0.05) is 0 Å². The van der Waals surface area contributed by atoms with Gasteiger partial charge < -0.3 is 0 Å². The Morgan fingerprint density at radius 3 is 1.47 bits per heavy atom. The summed E-state index contributed by atoms with van der Waals surface area (Å²) in [6, 6.07) is 0. The van der Waals surface area contributed by atoms with Crippen LogP contribution in [0, 0.1) is 0 Å². The molecule has 0 aromatic rings. The van der Waals surface area contributed by atoms with E-state index in [1.165, 1.54) is 0 Å². The zero-order valence-corrected chi connectivity index (χ0v) is 17.1. The first-order chi connectivity index (χ1) is 6.34. The second-order valence-corrected chi connectivity index (χ2v) is 35.3. The fraction of sp³-hybridized carbons (Fsp3) is 0.833. The van der Waals surface area contributed by atoms with Crippen molar-refractivity contribution >= 4 is 34.5 Å². The molecule has 0 aromatic carbocycles. The van der Waals surface area contributed by atoms with E-state index in [-0.39, 0.29) is 0 Å². The Balaban J connectivity index is 4.94. The van der Waals surface area contributed by atoms with Crippen LogP contribution in [0.3, 0.4) is 0 Å². The summed E-state index contributed by atoms with van der Waals surface area (Å²) in [6.07, 6.45) is 2.63.